The number of rotatable bonds is 0. The third-order valence-corrected chi connectivity index (χ3v) is 4.61. The van der Waals surface area contributed by atoms with Gasteiger partial charge in [0.15, 0.2) is 0 Å². The highest BCUT2D eigenvalue weighted by Gasteiger charge is 2.21. The van der Waals surface area contributed by atoms with Crippen LogP contribution < -0.4 is 0 Å². The van der Waals surface area contributed by atoms with Crippen molar-refractivity contribution in [2.75, 3.05) is 0 Å². The first-order valence-electron chi connectivity index (χ1n) is 7.62. The minimum absolute atomic E-state index is 1.03. The Hall–Kier alpha value is -0.260. The topological polar surface area (TPSA) is 0 Å². The first-order valence-corrected chi connectivity index (χ1v) is 7.62. The maximum Gasteiger partial charge on any atom is -0.0319 e. The highest BCUT2D eigenvalue weighted by Crippen LogP contribution is 2.34. The Kier molecular flexibility index (Phi) is 5.45. The predicted octanol–water partition coefficient (Wildman–Crippen LogP) is 5.48. The zero-order chi connectivity index (χ0) is 11.1. The number of hydrogen-bond donors (Lipinski definition) is 0. The van der Waals surface area contributed by atoms with E-state index in [1.165, 1.54) is 77.0 Å². The fourth-order valence-corrected chi connectivity index (χ4v) is 3.51. The molecule has 0 heteroatoms. The first-order chi connectivity index (χ1) is 7.97. The Morgan fingerprint density at radius 1 is 0.500 bits per heavy atom. The average Bonchev–Trinajstić information content (AvgIpc) is 2.30. The van der Waals surface area contributed by atoms with Gasteiger partial charge < -0.3 is 0 Å². The van der Waals surface area contributed by atoms with Crippen LogP contribution in [0.1, 0.15) is 77.0 Å². The van der Waals surface area contributed by atoms with Gasteiger partial charge in [0.1, 0.15) is 0 Å². The summed E-state index contributed by atoms with van der Waals surface area (Å²) in [5.74, 6) is 2.06. The van der Waals surface area contributed by atoms with E-state index in [-0.39, 0.29) is 0 Å². The van der Waals surface area contributed by atoms with E-state index in [0.717, 1.165) is 11.8 Å². The summed E-state index contributed by atoms with van der Waals surface area (Å²) in [6.45, 7) is 0. The molecule has 1 saturated carbocycles. The summed E-state index contributed by atoms with van der Waals surface area (Å²) in [5, 5.41) is 0. The van der Waals surface area contributed by atoms with Gasteiger partial charge in [0.2, 0.25) is 0 Å². The third kappa shape index (κ3) is 3.96. The molecule has 0 bridgehead atoms. The summed E-state index contributed by atoms with van der Waals surface area (Å²) in [6.07, 6.45) is 22.6. The second-order valence-electron chi connectivity index (χ2n) is 5.87. The van der Waals surface area contributed by atoms with Gasteiger partial charge in [0.05, 0.1) is 0 Å². The van der Waals surface area contributed by atoms with Crippen LogP contribution >= 0.6 is 0 Å². The van der Waals surface area contributed by atoms with E-state index in [4.69, 9.17) is 0 Å². The van der Waals surface area contributed by atoms with Gasteiger partial charge in [-0.25, -0.2) is 0 Å². The quantitative estimate of drug-likeness (QED) is 0.474. The fourth-order valence-electron chi connectivity index (χ4n) is 3.51. The van der Waals surface area contributed by atoms with Crippen molar-refractivity contribution in [1.82, 2.24) is 0 Å². The van der Waals surface area contributed by atoms with Crippen LogP contribution in [0.3, 0.4) is 0 Å². The van der Waals surface area contributed by atoms with Crippen molar-refractivity contribution in [2.45, 2.75) is 77.0 Å². The Morgan fingerprint density at radius 2 is 0.875 bits per heavy atom. The molecule has 0 amide bonds. The van der Waals surface area contributed by atoms with E-state index in [1.54, 1.807) is 0 Å². The van der Waals surface area contributed by atoms with E-state index in [9.17, 15) is 0 Å². The van der Waals surface area contributed by atoms with Gasteiger partial charge in [0.25, 0.3) is 0 Å². The molecule has 16 heavy (non-hydrogen) atoms. The summed E-state index contributed by atoms with van der Waals surface area (Å²) < 4.78 is 0. The minimum Gasteiger partial charge on any atom is -0.0882 e. The number of hydrogen-bond acceptors (Lipinski definition) is 0. The second-order valence-corrected chi connectivity index (χ2v) is 5.87. The summed E-state index contributed by atoms with van der Waals surface area (Å²) >= 11 is 0. The van der Waals surface area contributed by atoms with Gasteiger partial charge in [-0.2, -0.15) is 0 Å². The standard InChI is InChI=1S/C16H28/c1-2-4-6-8-12-16-14-10-9-13-15(16)11-7-5-3-1/h9-10,15-16H,1-8,11-14H2. The molecule has 0 N–H and O–H groups in total. The molecule has 2 aliphatic carbocycles. The molecule has 2 rings (SSSR count). The highest BCUT2D eigenvalue weighted by molar-refractivity contribution is 4.94. The predicted molar refractivity (Wildman–Crippen MR) is 71.5 cm³/mol. The Bertz CT molecular complexity index is 182. The minimum atomic E-state index is 1.03. The first kappa shape index (κ1) is 12.2. The van der Waals surface area contributed by atoms with E-state index in [2.05, 4.69) is 12.2 Å². The molecule has 2 aliphatic rings. The normalized spacial score (nSPS) is 33.5. The lowest BCUT2D eigenvalue weighted by Gasteiger charge is -2.29. The summed E-state index contributed by atoms with van der Waals surface area (Å²) in [6, 6.07) is 0. The van der Waals surface area contributed by atoms with Crippen molar-refractivity contribution in [3.05, 3.63) is 12.2 Å². The largest absolute Gasteiger partial charge is 0.0882 e. The highest BCUT2D eigenvalue weighted by atomic mass is 14.3. The van der Waals surface area contributed by atoms with Crippen molar-refractivity contribution in [1.29, 1.82) is 0 Å². The number of allylic oxidation sites excluding steroid dienone is 2. The van der Waals surface area contributed by atoms with Gasteiger partial charge in [-0.3, -0.25) is 0 Å². The molecule has 0 aromatic carbocycles. The monoisotopic (exact) mass is 220 g/mol. The van der Waals surface area contributed by atoms with E-state index < -0.39 is 0 Å². The Morgan fingerprint density at radius 3 is 1.31 bits per heavy atom. The Labute approximate surface area is 102 Å². The van der Waals surface area contributed by atoms with Crippen LogP contribution in [-0.2, 0) is 0 Å². The van der Waals surface area contributed by atoms with Crippen molar-refractivity contribution in [2.24, 2.45) is 11.8 Å². The summed E-state index contributed by atoms with van der Waals surface area (Å²) in [4.78, 5) is 0. The zero-order valence-electron chi connectivity index (χ0n) is 10.8. The van der Waals surface area contributed by atoms with E-state index >= 15 is 0 Å². The maximum absolute atomic E-state index is 2.44. The van der Waals surface area contributed by atoms with Gasteiger partial charge in [0, 0.05) is 0 Å². The molecule has 1 fully saturated rings. The van der Waals surface area contributed by atoms with Gasteiger partial charge in [-0.05, 0) is 37.5 Å². The van der Waals surface area contributed by atoms with Crippen LogP contribution in [-0.4, -0.2) is 0 Å². The molecular weight excluding hydrogens is 192 g/mol. The molecule has 92 valence electrons. The van der Waals surface area contributed by atoms with Crippen LogP contribution in [0.25, 0.3) is 0 Å². The van der Waals surface area contributed by atoms with Crippen molar-refractivity contribution >= 4 is 0 Å². The molecule has 0 aromatic rings. The van der Waals surface area contributed by atoms with Crippen LogP contribution in [0, 0.1) is 11.8 Å². The molecule has 0 aliphatic heterocycles. The molecule has 0 radical (unpaired) electrons. The SMILES string of the molecule is C1=CCC2CCCCCCCCCCC2C1. The van der Waals surface area contributed by atoms with Crippen LogP contribution in [0.15, 0.2) is 12.2 Å². The van der Waals surface area contributed by atoms with E-state index in [0.29, 0.717) is 0 Å². The van der Waals surface area contributed by atoms with E-state index in [1.807, 2.05) is 0 Å². The lowest BCUT2D eigenvalue weighted by molar-refractivity contribution is 0.268. The molecule has 0 nitrogen and oxygen atoms in total. The van der Waals surface area contributed by atoms with Crippen molar-refractivity contribution in [3.63, 3.8) is 0 Å². The molecule has 0 heterocycles. The smallest absolute Gasteiger partial charge is 0.0319 e. The van der Waals surface area contributed by atoms with Gasteiger partial charge in [-0.15, -0.1) is 0 Å². The van der Waals surface area contributed by atoms with Crippen LogP contribution in [0.4, 0.5) is 0 Å². The average molecular weight is 220 g/mol. The van der Waals surface area contributed by atoms with Crippen molar-refractivity contribution < 1.29 is 0 Å². The molecule has 2 atom stereocenters. The molecule has 0 saturated heterocycles. The summed E-state index contributed by atoms with van der Waals surface area (Å²) in [5.41, 5.74) is 0. The Balaban J connectivity index is 1.82. The maximum atomic E-state index is 2.44. The fraction of sp³-hybridized carbons (Fsp3) is 0.875. The second kappa shape index (κ2) is 7.14. The van der Waals surface area contributed by atoms with Gasteiger partial charge >= 0.3 is 0 Å². The molecule has 0 spiro atoms. The van der Waals surface area contributed by atoms with Crippen LogP contribution in [0.2, 0.25) is 0 Å². The third-order valence-electron chi connectivity index (χ3n) is 4.61. The summed E-state index contributed by atoms with van der Waals surface area (Å²) in [7, 11) is 0. The van der Waals surface area contributed by atoms with Crippen LogP contribution in [0.5, 0.6) is 0 Å². The lowest BCUT2D eigenvalue weighted by Crippen LogP contribution is -2.17. The lowest BCUT2D eigenvalue weighted by atomic mass is 9.77. The van der Waals surface area contributed by atoms with Crippen molar-refractivity contribution in [3.8, 4) is 0 Å². The van der Waals surface area contributed by atoms with Gasteiger partial charge in [-0.1, -0.05) is 63.5 Å². The molecule has 2 unspecified atom stereocenters. The molecular formula is C16H28. The number of fused-ring (bicyclic) bond motifs is 1. The molecule has 0 aromatic heterocycles. The zero-order valence-corrected chi connectivity index (χ0v) is 10.8.